The lowest BCUT2D eigenvalue weighted by molar-refractivity contribution is 0.101. The third kappa shape index (κ3) is 18.7. The highest BCUT2D eigenvalue weighted by Gasteiger charge is 2.37. The number of amides is 4. The molecule has 9 aromatic carbocycles. The first-order valence-corrected chi connectivity index (χ1v) is 47.0. The second kappa shape index (κ2) is 35.9. The van der Waals surface area contributed by atoms with E-state index in [1.807, 2.05) is 153 Å². The molecule has 0 unspecified atom stereocenters. The summed E-state index contributed by atoms with van der Waals surface area (Å²) in [5.74, 6) is -3.13. The van der Waals surface area contributed by atoms with Crippen LogP contribution in [-0.4, -0.2) is 141 Å². The summed E-state index contributed by atoms with van der Waals surface area (Å²) in [4.78, 5) is 82.0. The number of rotatable bonds is 16. The molecule has 20 rings (SSSR count). The minimum absolute atomic E-state index is 0.0375. The number of hydrogen-bond donors (Lipinski definition) is 4. The second-order valence-corrected chi connectivity index (χ2v) is 38.7. The molecule has 4 amide bonds. The van der Waals surface area contributed by atoms with Crippen molar-refractivity contribution in [1.82, 2.24) is 34.9 Å². The zero-order valence-electron chi connectivity index (χ0n) is 68.5. The van der Waals surface area contributed by atoms with E-state index in [4.69, 9.17) is 16.6 Å². The minimum atomic E-state index is -3.36. The van der Waals surface area contributed by atoms with Gasteiger partial charge in [0.15, 0.2) is 0 Å². The van der Waals surface area contributed by atoms with Gasteiger partial charge in [0.2, 0.25) is 40.1 Å². The number of hydrogen-bond acceptors (Lipinski definition) is 19. The molecule has 0 saturated carbocycles. The molecule has 646 valence electrons. The van der Waals surface area contributed by atoms with Crippen molar-refractivity contribution in [3.63, 3.8) is 0 Å². The predicted octanol–water partition coefficient (Wildman–Crippen LogP) is 16.9. The fourth-order valence-corrected chi connectivity index (χ4v) is 19.4. The monoisotopic (exact) mass is 1820 g/mol. The van der Waals surface area contributed by atoms with Crippen molar-refractivity contribution in [2.75, 3.05) is 87.7 Å². The Morgan fingerprint density at radius 2 is 0.798 bits per heavy atom. The minimum Gasteiger partial charge on any atom is -0.322 e. The van der Waals surface area contributed by atoms with Crippen LogP contribution in [-0.2, 0) is 40.1 Å². The van der Waals surface area contributed by atoms with Crippen molar-refractivity contribution in [2.24, 2.45) is 0 Å². The van der Waals surface area contributed by atoms with Crippen LogP contribution in [0.1, 0.15) is 52.6 Å². The highest BCUT2D eigenvalue weighted by molar-refractivity contribution is 7.95. The molecule has 4 N–H and O–H groups in total. The van der Waals surface area contributed by atoms with E-state index in [9.17, 15) is 61.6 Å². The quantitative estimate of drug-likeness (QED) is 0.0698. The van der Waals surface area contributed by atoms with Gasteiger partial charge in [-0.2, -0.15) is 0 Å². The fraction of sp³-hybridized carbons (Fsp3) is 0.105. The van der Waals surface area contributed by atoms with E-state index < -0.39 is 63.5 Å². The summed E-state index contributed by atoms with van der Waals surface area (Å²) >= 11 is 6.33. The summed E-state index contributed by atoms with van der Waals surface area (Å²) < 4.78 is 128. The number of pyridine rings is 7. The van der Waals surface area contributed by atoms with Crippen LogP contribution in [0.15, 0.2) is 292 Å². The highest BCUT2D eigenvalue weighted by Crippen LogP contribution is 2.37. The number of benzene rings is 9. The summed E-state index contributed by atoms with van der Waals surface area (Å²) in [5, 5.41) is 15.4. The van der Waals surface area contributed by atoms with Gasteiger partial charge in [-0.25, -0.2) is 57.4 Å². The number of halogens is 3. The standard InChI is InChI=1S/C25H20ClN3O3S.C24H20N4O3S.2C23H17FN4O3S/c1-16-6-7-18(14-22(16)24-20-5-3-2-4-17(20)10-11-27-24)28-25(30)21-9-8-19(15-23(21)26)29-12-13-33(29,31)32;1-16-2-6-19(14-21(16)23-9-5-18-15-25-11-10-22(18)27-23)26-24(29)17-3-7-20(8-4-17)28-12-13-32(28,30)31;24-19-14-17(28-11-12-32(28,30)31)6-7-18(19)23(29)26-16-4-1-3-15(13-16)20-8-9-21-22(27-20)5-2-10-25-21;24-20-13-18(28-10-11-32(28,30)31)5-6-19(20)23(29)26-17-3-1-2-15(12-17)21-7-4-16-14-25-9-8-22(16)27-21/h2-11,14-15H,12-13H2,1H3,(H,28,30);2-11,14-15H,12-13H2,1H3,(H,26,29);1-10,13-14H,11-12H2,(H,26,29);1-9,12-14H,10-11H2,(H,26,29). The summed E-state index contributed by atoms with van der Waals surface area (Å²) in [5.41, 5.74) is 15.9. The van der Waals surface area contributed by atoms with Gasteiger partial charge in [-0.1, -0.05) is 72.3 Å². The van der Waals surface area contributed by atoms with Crippen LogP contribution in [0.3, 0.4) is 0 Å². The largest absolute Gasteiger partial charge is 0.322 e. The Hall–Kier alpha value is -14.9. The molecular weight excluding hydrogens is 1740 g/mol. The summed E-state index contributed by atoms with van der Waals surface area (Å²) in [6.07, 6.45) is 10.4. The van der Waals surface area contributed by atoms with E-state index in [0.29, 0.717) is 71.6 Å². The van der Waals surface area contributed by atoms with E-state index in [2.05, 4.69) is 51.2 Å². The third-order valence-corrected chi connectivity index (χ3v) is 29.3. The molecule has 0 radical (unpaired) electrons. The zero-order chi connectivity index (χ0) is 90.0. The van der Waals surface area contributed by atoms with E-state index in [0.717, 1.165) is 115 Å². The lowest BCUT2D eigenvalue weighted by atomic mass is 9.99. The number of carbonyl (C=O) groups is 4. The zero-order valence-corrected chi connectivity index (χ0v) is 72.5. The maximum Gasteiger partial charge on any atom is 0.258 e. The lowest BCUT2D eigenvalue weighted by Crippen LogP contribution is -2.47. The van der Waals surface area contributed by atoms with Gasteiger partial charge in [0, 0.05) is 130 Å². The molecule has 27 nitrogen and oxygen atoms in total. The molecule has 16 aromatic rings. The van der Waals surface area contributed by atoms with Crippen LogP contribution >= 0.6 is 11.6 Å². The molecule has 34 heteroatoms. The van der Waals surface area contributed by atoms with Crippen molar-refractivity contribution in [2.45, 2.75) is 13.8 Å². The van der Waals surface area contributed by atoms with Crippen LogP contribution in [0, 0.1) is 25.5 Å². The van der Waals surface area contributed by atoms with E-state index in [1.165, 1.54) is 38.9 Å². The SMILES string of the molecule is Cc1ccc(NC(=O)c2ccc(N3CCS3(=O)=O)cc2)cc1-c1ccc2cnccc2n1.Cc1ccc(NC(=O)c2ccc(N3CCS3(=O)=O)cc2Cl)cc1-c1nccc2ccccc12.O=C(Nc1cccc(-c2ccc3cnccc3n2)c1)c1ccc(N2CCS2(=O)=O)cc1F.O=C(Nc1cccc(-c2ccc3ncccc3n2)c1)c1ccc(N2CCS2(=O)=O)cc1F. The first-order chi connectivity index (χ1) is 62.0. The maximum atomic E-state index is 14.6. The topological polar surface area (TPSA) is 356 Å². The number of nitrogens with one attached hydrogen (secondary N) is 4. The van der Waals surface area contributed by atoms with Crippen LogP contribution < -0.4 is 38.5 Å². The Morgan fingerprint density at radius 1 is 0.349 bits per heavy atom. The van der Waals surface area contributed by atoms with Crippen LogP contribution in [0.4, 0.5) is 54.3 Å². The van der Waals surface area contributed by atoms with Crippen molar-refractivity contribution in [1.29, 1.82) is 0 Å². The average molecular weight is 1820 g/mol. The highest BCUT2D eigenvalue weighted by atomic mass is 35.5. The first-order valence-electron chi connectivity index (χ1n) is 40.2. The molecule has 129 heavy (non-hydrogen) atoms. The first kappa shape index (κ1) is 86.2. The summed E-state index contributed by atoms with van der Waals surface area (Å²) in [6, 6.07) is 73.1. The third-order valence-electron chi connectivity index (χ3n) is 21.9. The van der Waals surface area contributed by atoms with Crippen molar-refractivity contribution < 1.29 is 61.6 Å². The Balaban J connectivity index is 0.000000121. The number of aryl methyl sites for hydroxylation is 2. The van der Waals surface area contributed by atoms with Crippen molar-refractivity contribution in [3.05, 3.63) is 342 Å². The molecule has 4 aliphatic heterocycles. The smallest absolute Gasteiger partial charge is 0.258 e. The normalized spacial score (nSPS) is 14.7. The molecule has 4 saturated heterocycles. The predicted molar refractivity (Wildman–Crippen MR) is 499 cm³/mol. The van der Waals surface area contributed by atoms with Gasteiger partial charge in [-0.3, -0.25) is 56.3 Å². The van der Waals surface area contributed by atoms with Crippen molar-refractivity contribution >= 4 is 164 Å². The lowest BCUT2D eigenvalue weighted by Gasteiger charge is -2.32. The number of carbonyl (C=O) groups excluding carboxylic acids is 4. The van der Waals surface area contributed by atoms with Gasteiger partial charge in [-0.05, 0) is 224 Å². The van der Waals surface area contributed by atoms with Crippen molar-refractivity contribution in [3.8, 4) is 45.0 Å². The second-order valence-electron chi connectivity index (χ2n) is 30.3. The molecule has 0 aliphatic carbocycles. The molecular formula is C95H74ClF2N15O12S4. The molecule has 4 aliphatic rings. The van der Waals surface area contributed by atoms with E-state index in [1.54, 1.807) is 110 Å². The molecule has 7 aromatic heterocycles. The molecule has 0 atom stereocenters. The Kier molecular flexibility index (Phi) is 24.0. The van der Waals surface area contributed by atoms with Gasteiger partial charge in [0.25, 0.3) is 23.6 Å². The number of sulfonamides is 4. The molecule has 0 spiro atoms. The van der Waals surface area contributed by atoms with Gasteiger partial charge in [-0.15, -0.1) is 0 Å². The van der Waals surface area contributed by atoms with Gasteiger partial charge in [0.1, 0.15) is 11.6 Å². The summed E-state index contributed by atoms with van der Waals surface area (Å²) in [6.45, 7) is 5.50. The Morgan fingerprint density at radius 3 is 1.32 bits per heavy atom. The number of nitrogens with zero attached hydrogens (tertiary/aromatic N) is 11. The average Bonchev–Trinajstić information content (AvgIpc) is 0.775. The Labute approximate surface area is 744 Å². The van der Waals surface area contributed by atoms with E-state index >= 15 is 0 Å². The summed E-state index contributed by atoms with van der Waals surface area (Å²) in [7, 11) is -13.2. The number of fused-ring (bicyclic) bond motifs is 4. The fourth-order valence-electron chi connectivity index (χ4n) is 14.7. The van der Waals surface area contributed by atoms with Gasteiger partial charge < -0.3 is 21.3 Å². The van der Waals surface area contributed by atoms with E-state index in [-0.39, 0.29) is 67.9 Å². The van der Waals surface area contributed by atoms with Crippen LogP contribution in [0.5, 0.6) is 0 Å². The molecule has 11 heterocycles. The number of aromatic nitrogens is 7. The van der Waals surface area contributed by atoms with Gasteiger partial charge >= 0.3 is 0 Å². The molecule has 4 fully saturated rings. The molecule has 0 bridgehead atoms. The van der Waals surface area contributed by atoms with Gasteiger partial charge in [0.05, 0.1) is 112 Å². The Bertz CT molecular complexity index is 7500. The number of anilines is 8. The van der Waals surface area contributed by atoms with Crippen LogP contribution in [0.25, 0.3) is 88.6 Å². The van der Waals surface area contributed by atoms with Crippen LogP contribution in [0.2, 0.25) is 5.02 Å². The maximum absolute atomic E-state index is 14.6.